The number of carbonyl (C=O) groups excluding carboxylic acids is 1. The first-order valence-electron chi connectivity index (χ1n) is 8.62. The van der Waals surface area contributed by atoms with E-state index in [0.717, 1.165) is 31.4 Å². The van der Waals surface area contributed by atoms with Crippen molar-refractivity contribution in [2.75, 3.05) is 26.2 Å². The Labute approximate surface area is 156 Å². The number of halogens is 1. The second kappa shape index (κ2) is 10.8. The zero-order chi connectivity index (χ0) is 17.4. The van der Waals surface area contributed by atoms with E-state index < -0.39 is 10.0 Å². The van der Waals surface area contributed by atoms with Crippen molar-refractivity contribution in [3.8, 4) is 0 Å². The van der Waals surface area contributed by atoms with Crippen molar-refractivity contribution in [3.63, 3.8) is 0 Å². The molecule has 1 amide bonds. The minimum Gasteiger partial charge on any atom is -0.355 e. The fourth-order valence-corrected chi connectivity index (χ4v) is 3.90. The number of sulfonamides is 1. The molecule has 1 aromatic rings. The van der Waals surface area contributed by atoms with Gasteiger partial charge in [-0.05, 0) is 55.5 Å². The molecule has 2 rings (SSSR count). The van der Waals surface area contributed by atoms with E-state index in [-0.39, 0.29) is 36.2 Å². The van der Waals surface area contributed by atoms with Crippen LogP contribution in [0.25, 0.3) is 0 Å². The number of benzene rings is 1. The predicted octanol–water partition coefficient (Wildman–Crippen LogP) is 1.38. The van der Waals surface area contributed by atoms with Crippen molar-refractivity contribution in [1.82, 2.24) is 15.4 Å². The third kappa shape index (κ3) is 6.93. The van der Waals surface area contributed by atoms with E-state index in [1.54, 1.807) is 12.1 Å². The van der Waals surface area contributed by atoms with Crippen LogP contribution >= 0.6 is 12.4 Å². The third-order valence-corrected chi connectivity index (χ3v) is 5.61. The van der Waals surface area contributed by atoms with Gasteiger partial charge in [-0.25, -0.2) is 13.1 Å². The molecule has 0 unspecified atom stereocenters. The minimum atomic E-state index is -3.56. The Morgan fingerprint density at radius 2 is 1.80 bits per heavy atom. The lowest BCUT2D eigenvalue weighted by molar-refractivity contribution is -0.120. The summed E-state index contributed by atoms with van der Waals surface area (Å²) >= 11 is 0. The second-order valence-electron chi connectivity index (χ2n) is 5.99. The van der Waals surface area contributed by atoms with E-state index in [0.29, 0.717) is 13.1 Å². The molecule has 0 atom stereocenters. The maximum Gasteiger partial charge on any atom is 0.240 e. The number of hydrogen-bond acceptors (Lipinski definition) is 4. The lowest BCUT2D eigenvalue weighted by Crippen LogP contribution is -2.34. The van der Waals surface area contributed by atoms with Crippen LogP contribution in [0.3, 0.4) is 0 Å². The average Bonchev–Trinajstić information content (AvgIpc) is 2.58. The van der Waals surface area contributed by atoms with Crippen LogP contribution < -0.4 is 15.4 Å². The molecule has 0 bridgehead atoms. The monoisotopic (exact) mass is 389 g/mol. The summed E-state index contributed by atoms with van der Waals surface area (Å²) in [7, 11) is -3.56. The average molecular weight is 390 g/mol. The first-order chi connectivity index (χ1) is 11.5. The van der Waals surface area contributed by atoms with Gasteiger partial charge in [0.05, 0.1) is 4.90 Å². The van der Waals surface area contributed by atoms with Gasteiger partial charge in [-0.15, -0.1) is 12.4 Å². The Hall–Kier alpha value is -1.15. The standard InChI is InChI=1S/C17H27N3O3S.ClH/c1-2-18-11-12-19-17(21)9-10-20-24(22,23)16-8-7-14-5-3-4-6-15(14)13-16;/h7-8,13,18,20H,2-6,9-12H2,1H3,(H,19,21);1H. The van der Waals surface area contributed by atoms with Crippen molar-refractivity contribution >= 4 is 28.3 Å². The molecule has 1 aliphatic carbocycles. The van der Waals surface area contributed by atoms with Crippen molar-refractivity contribution in [3.05, 3.63) is 29.3 Å². The van der Waals surface area contributed by atoms with Gasteiger partial charge in [0.25, 0.3) is 0 Å². The van der Waals surface area contributed by atoms with Crippen LogP contribution in [0, 0.1) is 0 Å². The Kier molecular flexibility index (Phi) is 9.42. The molecule has 3 N–H and O–H groups in total. The topological polar surface area (TPSA) is 87.3 Å². The Balaban J connectivity index is 0.00000312. The number of rotatable bonds is 9. The SMILES string of the molecule is CCNCCNC(=O)CCNS(=O)(=O)c1ccc2c(c1)CCCC2.Cl. The molecule has 0 saturated heterocycles. The van der Waals surface area contributed by atoms with Crippen molar-refractivity contribution < 1.29 is 13.2 Å². The van der Waals surface area contributed by atoms with Crippen LogP contribution in [0.2, 0.25) is 0 Å². The van der Waals surface area contributed by atoms with E-state index in [1.807, 2.05) is 13.0 Å². The van der Waals surface area contributed by atoms with Crippen molar-refractivity contribution in [1.29, 1.82) is 0 Å². The number of likely N-dealkylation sites (N-methyl/N-ethyl adjacent to an activating group) is 1. The maximum atomic E-state index is 12.3. The normalized spacial score (nSPS) is 13.6. The third-order valence-electron chi connectivity index (χ3n) is 4.15. The van der Waals surface area contributed by atoms with Gasteiger partial charge in [0.2, 0.25) is 15.9 Å². The summed E-state index contributed by atoms with van der Waals surface area (Å²) in [5, 5.41) is 5.85. The molecule has 0 fully saturated rings. The van der Waals surface area contributed by atoms with E-state index in [2.05, 4.69) is 15.4 Å². The van der Waals surface area contributed by atoms with Crippen LogP contribution in [0.4, 0.5) is 0 Å². The zero-order valence-corrected chi connectivity index (χ0v) is 16.3. The molecule has 0 spiro atoms. The molecular weight excluding hydrogens is 362 g/mol. The zero-order valence-electron chi connectivity index (χ0n) is 14.6. The van der Waals surface area contributed by atoms with Gasteiger partial charge in [-0.1, -0.05) is 13.0 Å². The second-order valence-corrected chi connectivity index (χ2v) is 7.76. The van der Waals surface area contributed by atoms with E-state index in [1.165, 1.54) is 12.0 Å². The van der Waals surface area contributed by atoms with Gasteiger partial charge < -0.3 is 10.6 Å². The molecule has 0 heterocycles. The number of hydrogen-bond donors (Lipinski definition) is 3. The lowest BCUT2D eigenvalue weighted by atomic mass is 9.92. The molecule has 0 aliphatic heterocycles. The fourth-order valence-electron chi connectivity index (χ4n) is 2.81. The van der Waals surface area contributed by atoms with Crippen LogP contribution in [-0.4, -0.2) is 40.5 Å². The minimum absolute atomic E-state index is 0. The Morgan fingerprint density at radius 1 is 1.08 bits per heavy atom. The molecule has 142 valence electrons. The molecule has 0 aromatic heterocycles. The molecule has 0 radical (unpaired) electrons. The number of aryl methyl sites for hydroxylation is 2. The fraction of sp³-hybridized carbons (Fsp3) is 0.588. The first kappa shape index (κ1) is 21.9. The summed E-state index contributed by atoms with van der Waals surface area (Å²) < 4.78 is 27.2. The van der Waals surface area contributed by atoms with Crippen molar-refractivity contribution in [2.24, 2.45) is 0 Å². The summed E-state index contributed by atoms with van der Waals surface area (Å²) in [6.45, 7) is 4.22. The number of carbonyl (C=O) groups is 1. The Morgan fingerprint density at radius 3 is 2.52 bits per heavy atom. The van der Waals surface area contributed by atoms with E-state index >= 15 is 0 Å². The van der Waals surface area contributed by atoms with Gasteiger partial charge in [0, 0.05) is 26.1 Å². The molecule has 6 nitrogen and oxygen atoms in total. The summed E-state index contributed by atoms with van der Waals surface area (Å²) in [6, 6.07) is 5.34. The van der Waals surface area contributed by atoms with E-state index in [4.69, 9.17) is 0 Å². The quantitative estimate of drug-likeness (QED) is 0.557. The number of amides is 1. The van der Waals surface area contributed by atoms with Crippen LogP contribution in [0.1, 0.15) is 37.3 Å². The van der Waals surface area contributed by atoms with Crippen LogP contribution in [0.5, 0.6) is 0 Å². The van der Waals surface area contributed by atoms with Gasteiger partial charge in [0.15, 0.2) is 0 Å². The van der Waals surface area contributed by atoms with Gasteiger partial charge >= 0.3 is 0 Å². The van der Waals surface area contributed by atoms with Crippen LogP contribution in [-0.2, 0) is 27.7 Å². The summed E-state index contributed by atoms with van der Waals surface area (Å²) in [4.78, 5) is 11.9. The highest BCUT2D eigenvalue weighted by Gasteiger charge is 2.17. The summed E-state index contributed by atoms with van der Waals surface area (Å²) in [5.74, 6) is -0.152. The Bertz CT molecular complexity index is 665. The highest BCUT2D eigenvalue weighted by Crippen LogP contribution is 2.23. The van der Waals surface area contributed by atoms with Crippen LogP contribution in [0.15, 0.2) is 23.1 Å². The number of nitrogens with one attached hydrogen (secondary N) is 3. The molecule has 25 heavy (non-hydrogen) atoms. The molecule has 8 heteroatoms. The summed E-state index contributed by atoms with van der Waals surface area (Å²) in [6.07, 6.45) is 4.37. The molecular formula is C17H28ClN3O3S. The highest BCUT2D eigenvalue weighted by molar-refractivity contribution is 7.89. The van der Waals surface area contributed by atoms with Gasteiger partial charge in [0.1, 0.15) is 0 Å². The number of fused-ring (bicyclic) bond motifs is 1. The highest BCUT2D eigenvalue weighted by atomic mass is 35.5. The molecule has 1 aliphatic rings. The smallest absolute Gasteiger partial charge is 0.240 e. The maximum absolute atomic E-state index is 12.3. The lowest BCUT2D eigenvalue weighted by Gasteiger charge is -2.16. The van der Waals surface area contributed by atoms with Crippen molar-refractivity contribution in [2.45, 2.75) is 43.9 Å². The molecule has 1 aromatic carbocycles. The van der Waals surface area contributed by atoms with Gasteiger partial charge in [-0.2, -0.15) is 0 Å². The predicted molar refractivity (Wildman–Crippen MR) is 102 cm³/mol. The van der Waals surface area contributed by atoms with E-state index in [9.17, 15) is 13.2 Å². The first-order valence-corrected chi connectivity index (χ1v) is 10.1. The van der Waals surface area contributed by atoms with Gasteiger partial charge in [-0.3, -0.25) is 4.79 Å². The molecule has 0 saturated carbocycles. The largest absolute Gasteiger partial charge is 0.355 e. The summed E-state index contributed by atoms with van der Waals surface area (Å²) in [5.41, 5.74) is 2.38.